The SMILES string of the molecule is CC(=O)C(=NN(C(=O)CCl)c1ccccc1)C(C)=O. The Balaban J connectivity index is 3.26. The van der Waals surface area contributed by atoms with Gasteiger partial charge in [-0.1, -0.05) is 18.2 Å². The number of carbonyl (C=O) groups is 3. The van der Waals surface area contributed by atoms with Crippen LogP contribution in [0.2, 0.25) is 0 Å². The number of anilines is 1. The molecule has 1 amide bonds. The zero-order chi connectivity index (χ0) is 14.4. The third kappa shape index (κ3) is 3.99. The van der Waals surface area contributed by atoms with Crippen molar-refractivity contribution < 1.29 is 14.4 Å². The maximum Gasteiger partial charge on any atom is 0.262 e. The summed E-state index contributed by atoms with van der Waals surface area (Å²) in [4.78, 5) is 34.4. The minimum atomic E-state index is -0.520. The molecule has 1 aromatic carbocycles. The largest absolute Gasteiger partial charge is 0.293 e. The molecule has 0 aliphatic heterocycles. The Labute approximate surface area is 115 Å². The second kappa shape index (κ2) is 6.80. The number of benzene rings is 1. The van der Waals surface area contributed by atoms with Gasteiger partial charge in [-0.05, 0) is 12.1 Å². The van der Waals surface area contributed by atoms with Crippen LogP contribution in [0.1, 0.15) is 13.8 Å². The van der Waals surface area contributed by atoms with Gasteiger partial charge < -0.3 is 0 Å². The van der Waals surface area contributed by atoms with E-state index in [-0.39, 0.29) is 11.6 Å². The van der Waals surface area contributed by atoms with Crippen molar-refractivity contribution in [1.82, 2.24) is 0 Å². The van der Waals surface area contributed by atoms with Gasteiger partial charge in [-0.25, -0.2) is 0 Å². The van der Waals surface area contributed by atoms with Crippen molar-refractivity contribution in [2.45, 2.75) is 13.8 Å². The van der Waals surface area contributed by atoms with Crippen molar-refractivity contribution in [3.05, 3.63) is 30.3 Å². The lowest BCUT2D eigenvalue weighted by Crippen LogP contribution is -2.31. The van der Waals surface area contributed by atoms with E-state index in [1.165, 1.54) is 13.8 Å². The minimum Gasteiger partial charge on any atom is -0.293 e. The maximum absolute atomic E-state index is 11.8. The zero-order valence-electron chi connectivity index (χ0n) is 10.6. The van der Waals surface area contributed by atoms with E-state index in [9.17, 15) is 14.4 Å². The first-order chi connectivity index (χ1) is 8.97. The Kier molecular flexibility index (Phi) is 5.38. The number of hydrogen-bond acceptors (Lipinski definition) is 4. The van der Waals surface area contributed by atoms with Crippen LogP contribution in [0.25, 0.3) is 0 Å². The third-order valence-electron chi connectivity index (χ3n) is 2.22. The lowest BCUT2D eigenvalue weighted by atomic mass is 10.2. The third-order valence-corrected chi connectivity index (χ3v) is 2.45. The smallest absolute Gasteiger partial charge is 0.262 e. The van der Waals surface area contributed by atoms with Crippen LogP contribution in [0.15, 0.2) is 35.4 Å². The van der Waals surface area contributed by atoms with Gasteiger partial charge in [0, 0.05) is 13.8 Å². The molecule has 1 rings (SSSR count). The minimum absolute atomic E-state index is 0.290. The molecular formula is C13H13ClN2O3. The summed E-state index contributed by atoms with van der Waals surface area (Å²) in [5.41, 5.74) is 0.149. The van der Waals surface area contributed by atoms with Crippen LogP contribution in [0, 0.1) is 0 Å². The predicted molar refractivity (Wildman–Crippen MR) is 73.4 cm³/mol. The first-order valence-corrected chi connectivity index (χ1v) is 6.05. The molecule has 5 nitrogen and oxygen atoms in total. The van der Waals surface area contributed by atoms with Gasteiger partial charge in [0.1, 0.15) is 5.88 Å². The van der Waals surface area contributed by atoms with Crippen LogP contribution in [-0.4, -0.2) is 29.1 Å². The van der Waals surface area contributed by atoms with Gasteiger partial charge in [0.2, 0.25) is 0 Å². The molecule has 19 heavy (non-hydrogen) atoms. The quantitative estimate of drug-likeness (QED) is 0.357. The molecule has 0 radical (unpaired) electrons. The summed E-state index contributed by atoms with van der Waals surface area (Å²) in [7, 11) is 0. The number of carbonyl (C=O) groups excluding carboxylic acids is 3. The van der Waals surface area contributed by atoms with Gasteiger partial charge in [-0.15, -0.1) is 11.6 Å². The number of hydrogen-bond donors (Lipinski definition) is 0. The zero-order valence-corrected chi connectivity index (χ0v) is 11.3. The summed E-state index contributed by atoms with van der Waals surface area (Å²) in [5.74, 6) is -1.83. The second-order valence-corrected chi connectivity index (χ2v) is 4.00. The first kappa shape index (κ1) is 15.0. The maximum atomic E-state index is 11.8. The summed E-state index contributed by atoms with van der Waals surface area (Å²) >= 11 is 5.51. The fourth-order valence-corrected chi connectivity index (χ4v) is 1.49. The van der Waals surface area contributed by atoms with Gasteiger partial charge in [-0.2, -0.15) is 10.1 Å². The average molecular weight is 281 g/mol. The van der Waals surface area contributed by atoms with E-state index in [0.29, 0.717) is 5.69 Å². The lowest BCUT2D eigenvalue weighted by Gasteiger charge is -2.16. The number of rotatable bonds is 5. The molecule has 0 N–H and O–H groups in total. The van der Waals surface area contributed by atoms with Crippen LogP contribution >= 0.6 is 11.6 Å². The number of para-hydroxylation sites is 1. The molecule has 0 aliphatic rings. The number of hydrazone groups is 1. The second-order valence-electron chi connectivity index (χ2n) is 3.74. The summed E-state index contributed by atoms with van der Waals surface area (Å²) < 4.78 is 0. The average Bonchev–Trinajstić information content (AvgIpc) is 2.39. The van der Waals surface area contributed by atoms with E-state index in [0.717, 1.165) is 5.01 Å². The van der Waals surface area contributed by atoms with E-state index in [1.54, 1.807) is 30.3 Å². The normalized spacial score (nSPS) is 9.63. The highest BCUT2D eigenvalue weighted by molar-refractivity contribution is 6.65. The number of alkyl halides is 1. The molecule has 0 saturated carbocycles. The lowest BCUT2D eigenvalue weighted by molar-refractivity contribution is -0.116. The number of halogens is 1. The Bertz CT molecular complexity index is 510. The molecule has 0 atom stereocenters. The van der Waals surface area contributed by atoms with Crippen LogP contribution in [-0.2, 0) is 14.4 Å². The van der Waals surface area contributed by atoms with Gasteiger partial charge >= 0.3 is 0 Å². The molecule has 0 heterocycles. The molecule has 1 aromatic rings. The van der Waals surface area contributed by atoms with Gasteiger partial charge in [0.25, 0.3) is 5.91 Å². The molecule has 0 bridgehead atoms. The van der Waals surface area contributed by atoms with Crippen LogP contribution in [0.5, 0.6) is 0 Å². The summed E-state index contributed by atoms with van der Waals surface area (Å²) in [5, 5.41) is 4.80. The van der Waals surface area contributed by atoms with Crippen LogP contribution in [0.4, 0.5) is 5.69 Å². The van der Waals surface area contributed by atoms with E-state index in [1.807, 2.05) is 0 Å². The Morgan fingerprint density at radius 1 is 1.11 bits per heavy atom. The molecule has 0 unspecified atom stereocenters. The van der Waals surface area contributed by atoms with Crippen molar-refractivity contribution in [2.24, 2.45) is 5.10 Å². The molecule has 0 spiro atoms. The van der Waals surface area contributed by atoms with Crippen molar-refractivity contribution in [3.8, 4) is 0 Å². The van der Waals surface area contributed by atoms with E-state index >= 15 is 0 Å². The molecule has 0 saturated heterocycles. The van der Waals surface area contributed by atoms with Crippen molar-refractivity contribution in [1.29, 1.82) is 0 Å². The highest BCUT2D eigenvalue weighted by Gasteiger charge is 2.19. The summed E-state index contributed by atoms with van der Waals surface area (Å²) in [6.45, 7) is 2.43. The molecule has 6 heteroatoms. The van der Waals surface area contributed by atoms with Gasteiger partial charge in [0.15, 0.2) is 17.3 Å². The molecule has 100 valence electrons. The molecule has 0 aliphatic carbocycles. The van der Waals surface area contributed by atoms with E-state index < -0.39 is 17.5 Å². The fourth-order valence-electron chi connectivity index (χ4n) is 1.37. The highest BCUT2D eigenvalue weighted by Crippen LogP contribution is 2.15. The molecule has 0 aromatic heterocycles. The standard InChI is InChI=1S/C13H13ClN2O3/c1-9(17)13(10(2)18)15-16(12(19)8-14)11-6-4-3-5-7-11/h3-7H,8H2,1-2H3. The van der Waals surface area contributed by atoms with Crippen molar-refractivity contribution >= 4 is 40.5 Å². The van der Waals surface area contributed by atoms with Crippen LogP contribution in [0.3, 0.4) is 0 Å². The molecular weight excluding hydrogens is 268 g/mol. The number of ketones is 2. The highest BCUT2D eigenvalue weighted by atomic mass is 35.5. The Morgan fingerprint density at radius 3 is 2.05 bits per heavy atom. The van der Waals surface area contributed by atoms with Gasteiger partial charge in [-0.3, -0.25) is 14.4 Å². The topological polar surface area (TPSA) is 66.8 Å². The van der Waals surface area contributed by atoms with E-state index in [4.69, 9.17) is 11.6 Å². The van der Waals surface area contributed by atoms with Crippen molar-refractivity contribution in [2.75, 3.05) is 10.9 Å². The van der Waals surface area contributed by atoms with Crippen LogP contribution < -0.4 is 5.01 Å². The van der Waals surface area contributed by atoms with E-state index in [2.05, 4.69) is 5.10 Å². The Hall–Kier alpha value is -2.01. The molecule has 0 fully saturated rings. The number of Topliss-reactive ketones (excluding diaryl/α,β-unsaturated/α-hetero) is 2. The number of amides is 1. The van der Waals surface area contributed by atoms with Crippen molar-refractivity contribution in [3.63, 3.8) is 0 Å². The summed E-state index contributed by atoms with van der Waals surface area (Å²) in [6.07, 6.45) is 0. The monoisotopic (exact) mass is 280 g/mol. The first-order valence-electron chi connectivity index (χ1n) is 5.51. The van der Waals surface area contributed by atoms with Gasteiger partial charge in [0.05, 0.1) is 5.69 Å². The Morgan fingerprint density at radius 2 is 1.63 bits per heavy atom. The predicted octanol–water partition coefficient (Wildman–Crippen LogP) is 1.79. The summed E-state index contributed by atoms with van der Waals surface area (Å²) in [6, 6.07) is 8.45. The number of nitrogens with zero attached hydrogens (tertiary/aromatic N) is 2. The fraction of sp³-hybridized carbons (Fsp3) is 0.231.